The van der Waals surface area contributed by atoms with Crippen molar-refractivity contribution in [1.29, 1.82) is 5.26 Å². The van der Waals surface area contributed by atoms with E-state index in [9.17, 15) is 9.65 Å². The zero-order valence-corrected chi connectivity index (χ0v) is 19.1. The van der Waals surface area contributed by atoms with Crippen molar-refractivity contribution in [3.63, 3.8) is 0 Å². The van der Waals surface area contributed by atoms with Crippen LogP contribution in [0.2, 0.25) is 5.02 Å². The first-order valence-electron chi connectivity index (χ1n) is 9.22. The van der Waals surface area contributed by atoms with Gasteiger partial charge in [0.15, 0.2) is 11.5 Å². The van der Waals surface area contributed by atoms with Gasteiger partial charge in [0, 0.05) is 10.6 Å². The van der Waals surface area contributed by atoms with Crippen LogP contribution in [0.25, 0.3) is 11.6 Å². The predicted octanol–water partition coefficient (Wildman–Crippen LogP) is 7.13. The Morgan fingerprint density at radius 3 is 2.53 bits per heavy atom. The predicted molar refractivity (Wildman–Crippen MR) is 126 cm³/mol. The second kappa shape index (κ2) is 10.5. The zero-order chi connectivity index (χ0) is 21.5. The molecule has 6 heteroatoms. The monoisotopic (exact) mass is 533 g/mol. The maximum Gasteiger partial charge on any atom is 0.175 e. The molecule has 3 aromatic rings. The molecule has 3 rings (SSSR count). The van der Waals surface area contributed by atoms with Crippen molar-refractivity contribution in [2.24, 2.45) is 0 Å². The Bertz CT molecular complexity index is 1110. The Balaban J connectivity index is 1.93. The molecule has 0 atom stereocenters. The van der Waals surface area contributed by atoms with Gasteiger partial charge in [-0.05, 0) is 77.0 Å². The third-order valence-corrected chi connectivity index (χ3v) is 5.28. The summed E-state index contributed by atoms with van der Waals surface area (Å²) in [5.74, 6) is 0.748. The normalized spacial score (nSPS) is 11.1. The first kappa shape index (κ1) is 22.1. The summed E-state index contributed by atoms with van der Waals surface area (Å²) in [5.41, 5.74) is 2.20. The molecule has 0 saturated carbocycles. The molecule has 0 bridgehead atoms. The van der Waals surface area contributed by atoms with Crippen LogP contribution in [0.1, 0.15) is 23.6 Å². The second-order valence-corrected chi connectivity index (χ2v) is 7.93. The van der Waals surface area contributed by atoms with Crippen LogP contribution in [0, 0.1) is 20.7 Å². The molecule has 0 radical (unpaired) electrons. The minimum atomic E-state index is -0.437. The smallest absolute Gasteiger partial charge is 0.175 e. The van der Waals surface area contributed by atoms with Crippen LogP contribution in [0.5, 0.6) is 11.5 Å². The summed E-state index contributed by atoms with van der Waals surface area (Å²) in [6, 6.07) is 19.4. The van der Waals surface area contributed by atoms with Gasteiger partial charge >= 0.3 is 0 Å². The molecule has 0 amide bonds. The molecule has 30 heavy (non-hydrogen) atoms. The van der Waals surface area contributed by atoms with Gasteiger partial charge in [-0.15, -0.1) is 0 Å². The van der Waals surface area contributed by atoms with Crippen LogP contribution in [0.15, 0.2) is 60.7 Å². The summed E-state index contributed by atoms with van der Waals surface area (Å²) in [6.45, 7) is 2.71. The van der Waals surface area contributed by atoms with Gasteiger partial charge in [-0.25, -0.2) is 4.39 Å². The highest BCUT2D eigenvalue weighted by Crippen LogP contribution is 2.36. The summed E-state index contributed by atoms with van der Waals surface area (Å²) in [4.78, 5) is 0. The van der Waals surface area contributed by atoms with E-state index in [1.54, 1.807) is 30.3 Å². The third-order valence-electron chi connectivity index (χ3n) is 4.22. The van der Waals surface area contributed by atoms with Gasteiger partial charge in [0.2, 0.25) is 0 Å². The Hall–Kier alpha value is -2.56. The van der Waals surface area contributed by atoms with Gasteiger partial charge in [-0.3, -0.25) is 0 Å². The number of rotatable bonds is 7. The minimum absolute atomic E-state index is 0.237. The van der Waals surface area contributed by atoms with Crippen molar-refractivity contribution in [3.8, 4) is 17.6 Å². The molecule has 3 nitrogen and oxygen atoms in total. The van der Waals surface area contributed by atoms with Crippen LogP contribution >= 0.6 is 34.2 Å². The lowest BCUT2D eigenvalue weighted by Crippen LogP contribution is -2.02. The van der Waals surface area contributed by atoms with Crippen molar-refractivity contribution < 1.29 is 13.9 Å². The summed E-state index contributed by atoms with van der Waals surface area (Å²) in [5, 5.41) is 10.2. The average molecular weight is 534 g/mol. The Morgan fingerprint density at radius 1 is 1.13 bits per heavy atom. The lowest BCUT2D eigenvalue weighted by atomic mass is 10.0. The van der Waals surface area contributed by atoms with Gasteiger partial charge in [0.1, 0.15) is 12.4 Å². The fourth-order valence-corrected chi connectivity index (χ4v) is 3.73. The topological polar surface area (TPSA) is 42.2 Å². The van der Waals surface area contributed by atoms with Crippen LogP contribution in [0.4, 0.5) is 4.39 Å². The van der Waals surface area contributed by atoms with E-state index >= 15 is 0 Å². The lowest BCUT2D eigenvalue weighted by molar-refractivity contribution is 0.267. The lowest BCUT2D eigenvalue weighted by Gasteiger charge is -2.15. The van der Waals surface area contributed by atoms with Crippen molar-refractivity contribution in [2.45, 2.75) is 13.5 Å². The van der Waals surface area contributed by atoms with E-state index in [4.69, 9.17) is 21.1 Å². The highest BCUT2D eigenvalue weighted by Gasteiger charge is 2.14. The minimum Gasteiger partial charge on any atom is -0.490 e. The number of hydrogen-bond donors (Lipinski definition) is 0. The number of hydrogen-bond acceptors (Lipinski definition) is 3. The maximum absolute atomic E-state index is 14.1. The van der Waals surface area contributed by atoms with Gasteiger partial charge in [-0.2, -0.15) is 5.26 Å². The summed E-state index contributed by atoms with van der Waals surface area (Å²) in [6.07, 6.45) is 1.64. The van der Waals surface area contributed by atoms with Crippen molar-refractivity contribution in [3.05, 3.63) is 91.8 Å². The molecular weight excluding hydrogens is 516 g/mol. The Kier molecular flexibility index (Phi) is 7.72. The van der Waals surface area contributed by atoms with Crippen LogP contribution < -0.4 is 9.47 Å². The van der Waals surface area contributed by atoms with Gasteiger partial charge in [0.05, 0.1) is 21.8 Å². The standard InChI is InChI=1S/C24H18ClFINO2/c1-2-29-23-13-17(11-18(14-28)20-5-3-4-6-21(20)26)12-22(27)24(23)30-15-16-7-9-19(25)10-8-16/h3-13H,2,15H2,1H3/b18-11-. The molecule has 0 saturated heterocycles. The first-order valence-corrected chi connectivity index (χ1v) is 10.7. The molecule has 0 spiro atoms. The largest absolute Gasteiger partial charge is 0.490 e. The highest BCUT2D eigenvalue weighted by molar-refractivity contribution is 14.1. The third kappa shape index (κ3) is 5.53. The van der Waals surface area contributed by atoms with Crippen LogP contribution in [-0.4, -0.2) is 6.61 Å². The van der Waals surface area contributed by atoms with Crippen molar-refractivity contribution in [1.82, 2.24) is 0 Å². The summed E-state index contributed by atoms with van der Waals surface area (Å²) >= 11 is 8.10. The zero-order valence-electron chi connectivity index (χ0n) is 16.2. The maximum atomic E-state index is 14.1. The highest BCUT2D eigenvalue weighted by atomic mass is 127. The number of halogens is 3. The molecular formula is C24H18ClFINO2. The summed E-state index contributed by atoms with van der Waals surface area (Å²) < 4.78 is 26.7. The van der Waals surface area contributed by atoms with E-state index in [1.165, 1.54) is 6.07 Å². The summed E-state index contributed by atoms with van der Waals surface area (Å²) in [7, 11) is 0. The van der Waals surface area contributed by atoms with E-state index in [2.05, 4.69) is 28.7 Å². The fraction of sp³-hybridized carbons (Fsp3) is 0.125. The average Bonchev–Trinajstić information content (AvgIpc) is 2.73. The first-order chi connectivity index (χ1) is 14.5. The molecule has 0 unspecified atom stereocenters. The SMILES string of the molecule is CCOc1cc(/C=C(/C#N)c2ccccc2F)cc(I)c1OCc1ccc(Cl)cc1. The van der Waals surface area contributed by atoms with Crippen LogP contribution in [-0.2, 0) is 6.61 Å². The van der Waals surface area contributed by atoms with Gasteiger partial charge in [0.25, 0.3) is 0 Å². The molecule has 0 fully saturated rings. The number of nitrogens with zero attached hydrogens (tertiary/aromatic N) is 1. The Morgan fingerprint density at radius 2 is 1.87 bits per heavy atom. The Labute approximate surface area is 193 Å². The van der Waals surface area contributed by atoms with E-state index < -0.39 is 5.82 Å². The van der Waals surface area contributed by atoms with E-state index in [1.807, 2.05) is 37.3 Å². The molecule has 0 N–H and O–H groups in total. The van der Waals surface area contributed by atoms with E-state index in [0.29, 0.717) is 29.7 Å². The number of benzene rings is 3. The number of allylic oxidation sites excluding steroid dienone is 1. The molecule has 0 aromatic heterocycles. The van der Waals surface area contributed by atoms with Crippen molar-refractivity contribution >= 4 is 45.8 Å². The van der Waals surface area contributed by atoms with Gasteiger partial charge < -0.3 is 9.47 Å². The number of nitriles is 1. The van der Waals surface area contributed by atoms with Gasteiger partial charge in [-0.1, -0.05) is 41.9 Å². The van der Waals surface area contributed by atoms with E-state index in [-0.39, 0.29) is 11.1 Å². The van der Waals surface area contributed by atoms with Crippen LogP contribution in [0.3, 0.4) is 0 Å². The fourth-order valence-electron chi connectivity index (χ4n) is 2.83. The number of ether oxygens (including phenoxy) is 2. The quantitative estimate of drug-likeness (QED) is 0.184. The second-order valence-electron chi connectivity index (χ2n) is 6.33. The molecule has 3 aromatic carbocycles. The van der Waals surface area contributed by atoms with E-state index in [0.717, 1.165) is 14.7 Å². The molecule has 0 aliphatic rings. The molecule has 152 valence electrons. The molecule has 0 heterocycles. The molecule has 0 aliphatic heterocycles. The van der Waals surface area contributed by atoms with Crippen molar-refractivity contribution in [2.75, 3.05) is 6.61 Å². The molecule has 0 aliphatic carbocycles.